The Hall–Kier alpha value is -3.39. The fourth-order valence-corrected chi connectivity index (χ4v) is 4.21. The molecule has 1 aliphatic rings. The number of hydrogen-bond donors (Lipinski definition) is 1. The van der Waals surface area contributed by atoms with Gasteiger partial charge in [-0.25, -0.2) is 0 Å². The molecule has 1 aromatic heterocycles. The Morgan fingerprint density at radius 2 is 1.64 bits per heavy atom. The monoisotopic (exact) mass is 464 g/mol. The molecule has 0 saturated heterocycles. The van der Waals surface area contributed by atoms with Crippen LogP contribution in [-0.2, 0) is 0 Å². The molecule has 2 heterocycles. The minimum Gasteiger partial charge on any atom is -0.497 e. The van der Waals surface area contributed by atoms with Gasteiger partial charge < -0.3 is 24.2 Å². The van der Waals surface area contributed by atoms with Crippen molar-refractivity contribution in [1.29, 1.82) is 0 Å². The van der Waals surface area contributed by atoms with Gasteiger partial charge in [0.05, 0.1) is 25.8 Å². The third kappa shape index (κ3) is 4.71. The van der Waals surface area contributed by atoms with Crippen LogP contribution in [0.5, 0.6) is 11.5 Å². The van der Waals surface area contributed by atoms with Crippen LogP contribution in [0, 0.1) is 5.92 Å². The van der Waals surface area contributed by atoms with E-state index in [1.807, 2.05) is 48.5 Å². The van der Waals surface area contributed by atoms with Crippen molar-refractivity contribution in [2.75, 3.05) is 20.8 Å². The van der Waals surface area contributed by atoms with Gasteiger partial charge in [-0.15, -0.1) is 0 Å². The topological polar surface area (TPSA) is 72.7 Å². The number of methoxy groups -OCH3 is 2. The van der Waals surface area contributed by atoms with Crippen molar-refractivity contribution in [1.82, 2.24) is 20.4 Å². The first-order valence-corrected chi connectivity index (χ1v) is 11.2. The number of hydrogen-bond acceptors (Lipinski definition) is 6. The molecule has 0 bridgehead atoms. The third-order valence-corrected chi connectivity index (χ3v) is 5.94. The maximum Gasteiger partial charge on any atom is 0.258 e. The summed E-state index contributed by atoms with van der Waals surface area (Å²) in [5.41, 5.74) is 3.78. The number of allylic oxidation sites excluding steroid dienone is 1. The molecule has 0 saturated carbocycles. The summed E-state index contributed by atoms with van der Waals surface area (Å²) in [6.07, 6.45) is 0. The van der Waals surface area contributed by atoms with Gasteiger partial charge in [0.15, 0.2) is 5.11 Å². The highest BCUT2D eigenvalue weighted by Gasteiger charge is 2.34. The summed E-state index contributed by atoms with van der Waals surface area (Å²) >= 11 is 5.73. The van der Waals surface area contributed by atoms with E-state index in [0.29, 0.717) is 22.7 Å². The molecule has 3 aromatic rings. The van der Waals surface area contributed by atoms with E-state index in [2.05, 4.69) is 36.1 Å². The summed E-state index contributed by atoms with van der Waals surface area (Å²) < 4.78 is 16.4. The van der Waals surface area contributed by atoms with Gasteiger partial charge in [0.1, 0.15) is 11.5 Å². The van der Waals surface area contributed by atoms with E-state index >= 15 is 0 Å². The van der Waals surface area contributed by atoms with Crippen LogP contribution in [0.25, 0.3) is 17.0 Å². The summed E-state index contributed by atoms with van der Waals surface area (Å²) in [5.74, 6) is 2.97. The Bertz CT molecular complexity index is 1150. The van der Waals surface area contributed by atoms with Gasteiger partial charge in [-0.05, 0) is 67.0 Å². The molecule has 0 radical (unpaired) electrons. The molecule has 0 aliphatic carbocycles. The minimum atomic E-state index is -0.226. The van der Waals surface area contributed by atoms with E-state index in [0.717, 1.165) is 40.4 Å². The van der Waals surface area contributed by atoms with E-state index in [4.69, 9.17) is 31.2 Å². The van der Waals surface area contributed by atoms with Crippen LogP contribution >= 0.6 is 12.2 Å². The Labute approximate surface area is 199 Å². The maximum atomic E-state index is 5.79. The van der Waals surface area contributed by atoms with Crippen LogP contribution in [-0.4, -0.2) is 40.9 Å². The molecule has 33 heavy (non-hydrogen) atoms. The summed E-state index contributed by atoms with van der Waals surface area (Å²) in [5, 5.41) is 8.42. The van der Waals surface area contributed by atoms with Crippen molar-refractivity contribution in [2.24, 2.45) is 5.92 Å². The molecule has 1 atom stereocenters. The van der Waals surface area contributed by atoms with Crippen LogP contribution in [0.15, 0.2) is 58.8 Å². The molecule has 172 valence electrons. The lowest BCUT2D eigenvalue weighted by Gasteiger charge is -2.38. The Morgan fingerprint density at radius 1 is 1.03 bits per heavy atom. The molecule has 1 aliphatic heterocycles. The van der Waals surface area contributed by atoms with Crippen molar-refractivity contribution in [3.63, 3.8) is 0 Å². The second-order valence-electron chi connectivity index (χ2n) is 8.31. The number of aromatic nitrogens is 2. The zero-order valence-electron chi connectivity index (χ0n) is 19.5. The van der Waals surface area contributed by atoms with Crippen LogP contribution in [0.3, 0.4) is 0 Å². The van der Waals surface area contributed by atoms with Crippen LogP contribution in [0.2, 0.25) is 0 Å². The second kappa shape index (κ2) is 9.62. The van der Waals surface area contributed by atoms with Crippen molar-refractivity contribution >= 4 is 22.9 Å². The first-order valence-electron chi connectivity index (χ1n) is 10.8. The van der Waals surface area contributed by atoms with Crippen molar-refractivity contribution in [3.05, 3.63) is 65.7 Å². The first-order chi connectivity index (χ1) is 15.9. The largest absolute Gasteiger partial charge is 0.497 e. The molecule has 1 N–H and O–H groups in total. The summed E-state index contributed by atoms with van der Waals surface area (Å²) in [7, 11) is 3.29. The van der Waals surface area contributed by atoms with Gasteiger partial charge in [0, 0.05) is 17.8 Å². The molecule has 0 spiro atoms. The highest BCUT2D eigenvalue weighted by atomic mass is 32.1. The summed E-state index contributed by atoms with van der Waals surface area (Å²) in [6.45, 7) is 7.17. The maximum absolute atomic E-state index is 5.79. The normalized spacial score (nSPS) is 16.2. The molecule has 1 unspecified atom stereocenters. The number of rotatable bonds is 7. The van der Waals surface area contributed by atoms with Crippen molar-refractivity contribution in [3.8, 4) is 22.9 Å². The minimum absolute atomic E-state index is 0.226. The van der Waals surface area contributed by atoms with Gasteiger partial charge >= 0.3 is 0 Å². The van der Waals surface area contributed by atoms with E-state index in [1.165, 1.54) is 0 Å². The molecule has 0 fully saturated rings. The lowest BCUT2D eigenvalue weighted by molar-refractivity contribution is 0.385. The van der Waals surface area contributed by atoms with Gasteiger partial charge in [-0.1, -0.05) is 31.1 Å². The zero-order valence-corrected chi connectivity index (χ0v) is 20.3. The fraction of sp³-hybridized carbons (Fsp3) is 0.320. The van der Waals surface area contributed by atoms with Gasteiger partial charge in [0.2, 0.25) is 5.82 Å². The van der Waals surface area contributed by atoms with Crippen molar-refractivity contribution in [2.45, 2.75) is 26.8 Å². The highest BCUT2D eigenvalue weighted by Crippen LogP contribution is 2.38. The van der Waals surface area contributed by atoms with Gasteiger partial charge in [-0.3, -0.25) is 0 Å². The molecule has 0 amide bonds. The predicted octanol–water partition coefficient (Wildman–Crippen LogP) is 5.07. The lowest BCUT2D eigenvalue weighted by Crippen LogP contribution is -2.47. The molecule has 4 rings (SSSR count). The molecule has 7 nitrogen and oxygen atoms in total. The van der Waals surface area contributed by atoms with Crippen LogP contribution in [0.1, 0.15) is 38.3 Å². The van der Waals surface area contributed by atoms with Crippen LogP contribution < -0.4 is 14.8 Å². The number of nitrogens with one attached hydrogen (secondary N) is 1. The predicted molar refractivity (Wildman–Crippen MR) is 132 cm³/mol. The van der Waals surface area contributed by atoms with Crippen LogP contribution in [0.4, 0.5) is 0 Å². The van der Waals surface area contributed by atoms with Crippen molar-refractivity contribution < 1.29 is 14.0 Å². The third-order valence-electron chi connectivity index (χ3n) is 5.60. The standard InChI is InChI=1S/C25H28N4O3S/c1-15(2)14-29-16(3)21(22(26-25(29)33)17-6-10-19(30-4)11-7-17)24-27-23(28-32-24)18-8-12-20(31-5)13-9-18/h6-13,15,22H,14H2,1-5H3,(H,26,33). The molecular formula is C25H28N4O3S. The average Bonchev–Trinajstić information content (AvgIpc) is 3.31. The van der Waals surface area contributed by atoms with E-state index < -0.39 is 0 Å². The number of nitrogens with zero attached hydrogens (tertiary/aromatic N) is 3. The Kier molecular flexibility index (Phi) is 6.65. The lowest BCUT2D eigenvalue weighted by atomic mass is 9.94. The number of ether oxygens (including phenoxy) is 2. The molecular weight excluding hydrogens is 436 g/mol. The smallest absolute Gasteiger partial charge is 0.258 e. The van der Waals surface area contributed by atoms with E-state index in [1.54, 1.807) is 14.2 Å². The Balaban J connectivity index is 1.77. The molecule has 8 heteroatoms. The number of thiocarbonyl (C=S) groups is 1. The number of benzene rings is 2. The fourth-order valence-electron chi connectivity index (χ4n) is 3.88. The SMILES string of the molecule is COc1ccc(-c2noc(C3=C(C)N(CC(C)C)C(=S)NC3c3ccc(OC)cc3)n2)cc1. The van der Waals surface area contributed by atoms with E-state index in [-0.39, 0.29) is 6.04 Å². The van der Waals surface area contributed by atoms with Gasteiger partial charge in [0.25, 0.3) is 5.89 Å². The molecule has 2 aromatic carbocycles. The highest BCUT2D eigenvalue weighted by molar-refractivity contribution is 7.80. The van der Waals surface area contributed by atoms with Gasteiger partial charge in [-0.2, -0.15) is 4.98 Å². The second-order valence-corrected chi connectivity index (χ2v) is 8.70. The zero-order chi connectivity index (χ0) is 23.5. The average molecular weight is 465 g/mol. The quantitative estimate of drug-likeness (QED) is 0.486. The van der Waals surface area contributed by atoms with E-state index in [9.17, 15) is 0 Å². The summed E-state index contributed by atoms with van der Waals surface area (Å²) in [4.78, 5) is 6.85. The Morgan fingerprint density at radius 3 is 2.21 bits per heavy atom. The summed E-state index contributed by atoms with van der Waals surface area (Å²) in [6, 6.07) is 15.3. The first kappa shape index (κ1) is 22.8.